The maximum absolute atomic E-state index is 13.3. The van der Waals surface area contributed by atoms with E-state index in [0.29, 0.717) is 38.0 Å². The number of rotatable bonds is 9. The molecule has 0 saturated heterocycles. The summed E-state index contributed by atoms with van der Waals surface area (Å²) in [7, 11) is -3.90. The van der Waals surface area contributed by atoms with Gasteiger partial charge in [0.1, 0.15) is 5.25 Å². The molecule has 0 aromatic heterocycles. The Labute approximate surface area is 223 Å². The molecule has 4 saturated carbocycles. The second kappa shape index (κ2) is 13.7. The van der Waals surface area contributed by atoms with Crippen molar-refractivity contribution in [1.82, 2.24) is 10.0 Å². The Morgan fingerprint density at radius 3 is 2.16 bits per heavy atom. The van der Waals surface area contributed by atoms with E-state index < -0.39 is 27.2 Å². The number of sulfonamides is 1. The molecule has 4 unspecified atom stereocenters. The number of amides is 2. The normalized spacial score (nSPS) is 34.0. The molecule has 4 atom stereocenters. The van der Waals surface area contributed by atoms with Crippen LogP contribution in [0.15, 0.2) is 0 Å². The molecule has 4 rings (SSSR count). The molecule has 3 N–H and O–H groups in total. The van der Waals surface area contributed by atoms with Crippen LogP contribution in [-0.2, 0) is 24.3 Å². The van der Waals surface area contributed by atoms with Gasteiger partial charge in [-0.2, -0.15) is 0 Å². The zero-order valence-corrected chi connectivity index (χ0v) is 23.2. The van der Waals surface area contributed by atoms with Crippen molar-refractivity contribution in [3.05, 3.63) is 0 Å². The summed E-state index contributed by atoms with van der Waals surface area (Å²) < 4.78 is 35.2. The Morgan fingerprint density at radius 2 is 1.43 bits per heavy atom. The van der Waals surface area contributed by atoms with Gasteiger partial charge in [0.05, 0.1) is 6.10 Å². The highest BCUT2D eigenvalue weighted by Crippen LogP contribution is 2.32. The highest BCUT2D eigenvalue weighted by atomic mass is 32.2. The largest absolute Gasteiger partial charge is 0.396 e. The van der Waals surface area contributed by atoms with Crippen LogP contribution in [0, 0.1) is 23.7 Å². The number of nitrogens with one attached hydrogen (secondary N) is 2. The van der Waals surface area contributed by atoms with Gasteiger partial charge in [-0.05, 0) is 82.5 Å². The van der Waals surface area contributed by atoms with Gasteiger partial charge in [-0.25, -0.2) is 8.42 Å². The molecule has 0 aromatic carbocycles. The van der Waals surface area contributed by atoms with Crippen molar-refractivity contribution in [1.29, 1.82) is 0 Å². The summed E-state index contributed by atoms with van der Waals surface area (Å²) in [6.45, 7) is 0.910. The molecule has 2 amide bonds. The minimum absolute atomic E-state index is 0.0632. The third kappa shape index (κ3) is 8.15. The van der Waals surface area contributed by atoms with Crippen molar-refractivity contribution in [3.63, 3.8) is 0 Å². The van der Waals surface area contributed by atoms with Crippen LogP contribution in [0.4, 0.5) is 0 Å². The number of ether oxygens (including phenoxy) is 1. The smallest absolute Gasteiger partial charge is 0.239 e. The summed E-state index contributed by atoms with van der Waals surface area (Å²) in [5.41, 5.74) is 0. The number of hydrogen-bond donors (Lipinski definition) is 3. The molecule has 0 bridgehead atoms. The average molecular weight is 541 g/mol. The fourth-order valence-corrected chi connectivity index (χ4v) is 8.71. The highest BCUT2D eigenvalue weighted by Gasteiger charge is 2.40. The summed E-state index contributed by atoms with van der Waals surface area (Å²) in [5, 5.41) is 11.6. The lowest BCUT2D eigenvalue weighted by Gasteiger charge is -2.35. The van der Waals surface area contributed by atoms with E-state index in [2.05, 4.69) is 10.0 Å². The van der Waals surface area contributed by atoms with E-state index in [1.165, 1.54) is 32.1 Å². The maximum Gasteiger partial charge on any atom is 0.239 e. The van der Waals surface area contributed by atoms with Gasteiger partial charge in [-0.3, -0.25) is 14.3 Å². The van der Waals surface area contributed by atoms with Crippen molar-refractivity contribution in [2.75, 3.05) is 13.2 Å². The Bertz CT molecular complexity index is 851. The third-order valence-electron chi connectivity index (χ3n) is 9.44. The van der Waals surface area contributed by atoms with Crippen LogP contribution in [0.2, 0.25) is 0 Å². The molecule has 37 heavy (non-hydrogen) atoms. The lowest BCUT2D eigenvalue weighted by molar-refractivity contribution is -0.129. The highest BCUT2D eigenvalue weighted by molar-refractivity contribution is 7.90. The Kier molecular flexibility index (Phi) is 10.7. The molecule has 4 aliphatic rings. The monoisotopic (exact) mass is 540 g/mol. The minimum Gasteiger partial charge on any atom is -0.396 e. The molecule has 9 heteroatoms. The van der Waals surface area contributed by atoms with Gasteiger partial charge in [-0.15, -0.1) is 0 Å². The van der Waals surface area contributed by atoms with Crippen molar-refractivity contribution >= 4 is 21.8 Å². The first-order valence-corrected chi connectivity index (χ1v) is 16.5. The van der Waals surface area contributed by atoms with E-state index in [-0.39, 0.29) is 36.4 Å². The molecule has 4 aliphatic carbocycles. The molecular formula is C28H48N2O6S. The second-order valence-electron chi connectivity index (χ2n) is 12.2. The van der Waals surface area contributed by atoms with Crippen LogP contribution in [-0.4, -0.2) is 55.9 Å². The number of hydrogen-bond acceptors (Lipinski definition) is 6. The van der Waals surface area contributed by atoms with E-state index in [0.717, 1.165) is 51.6 Å². The summed E-state index contributed by atoms with van der Waals surface area (Å²) in [6, 6.07) is -0.472. The molecular weight excluding hydrogens is 492 g/mol. The van der Waals surface area contributed by atoms with Crippen molar-refractivity contribution in [2.45, 2.75) is 127 Å². The van der Waals surface area contributed by atoms with Gasteiger partial charge in [0.15, 0.2) is 0 Å². The van der Waals surface area contributed by atoms with Crippen LogP contribution in [0.25, 0.3) is 0 Å². The fourth-order valence-electron chi connectivity index (χ4n) is 7.00. The zero-order chi connectivity index (χ0) is 26.3. The summed E-state index contributed by atoms with van der Waals surface area (Å²) in [6.07, 6.45) is 15.3. The standard InChI is InChI=1S/C28H48N2O6S/c31-18-20-13-15-22(16-14-20)28(33)30-37(34,35)26-12-5-4-11-25(26)29-27(32)23-9-6-10-24(17-23)36-19-21-7-2-1-3-8-21/h20-26,31H,1-19H2,(H,29,32)(H,30,33). The van der Waals surface area contributed by atoms with Gasteiger partial charge >= 0.3 is 0 Å². The molecule has 4 fully saturated rings. The fraction of sp³-hybridized carbons (Fsp3) is 0.929. The minimum atomic E-state index is -3.90. The summed E-state index contributed by atoms with van der Waals surface area (Å²) in [5.74, 6) is -0.121. The lowest BCUT2D eigenvalue weighted by Crippen LogP contribution is -2.54. The van der Waals surface area contributed by atoms with Gasteiger partial charge in [0.25, 0.3) is 0 Å². The van der Waals surface area contributed by atoms with Crippen LogP contribution in [0.3, 0.4) is 0 Å². The van der Waals surface area contributed by atoms with E-state index in [1.807, 2.05) is 0 Å². The number of aliphatic hydroxyl groups is 1. The number of aliphatic hydroxyl groups excluding tert-OH is 1. The van der Waals surface area contributed by atoms with E-state index in [1.54, 1.807) is 0 Å². The Hall–Kier alpha value is -1.19. The Morgan fingerprint density at radius 1 is 0.730 bits per heavy atom. The molecule has 8 nitrogen and oxygen atoms in total. The topological polar surface area (TPSA) is 122 Å². The van der Waals surface area contributed by atoms with Crippen LogP contribution in [0.1, 0.15) is 109 Å². The van der Waals surface area contributed by atoms with Crippen molar-refractivity contribution in [2.24, 2.45) is 23.7 Å². The SMILES string of the molecule is O=C(NC1CCCCC1S(=O)(=O)NC(=O)C1CCC(CO)CC1)C1CCCC(OCC2CCCCC2)C1. The predicted molar refractivity (Wildman–Crippen MR) is 142 cm³/mol. The van der Waals surface area contributed by atoms with E-state index in [4.69, 9.17) is 4.74 Å². The third-order valence-corrected chi connectivity index (χ3v) is 11.3. The first kappa shape index (κ1) is 28.8. The van der Waals surface area contributed by atoms with Crippen LogP contribution >= 0.6 is 0 Å². The van der Waals surface area contributed by atoms with Crippen LogP contribution in [0.5, 0.6) is 0 Å². The molecule has 0 radical (unpaired) electrons. The van der Waals surface area contributed by atoms with Gasteiger partial charge in [0, 0.05) is 31.1 Å². The molecule has 0 aromatic rings. The van der Waals surface area contributed by atoms with Gasteiger partial charge in [0.2, 0.25) is 21.8 Å². The zero-order valence-electron chi connectivity index (χ0n) is 22.4. The Balaban J connectivity index is 1.28. The van der Waals surface area contributed by atoms with Crippen LogP contribution < -0.4 is 10.0 Å². The predicted octanol–water partition coefficient (Wildman–Crippen LogP) is 3.81. The maximum atomic E-state index is 13.3. The number of carbonyl (C=O) groups excluding carboxylic acids is 2. The second-order valence-corrected chi connectivity index (χ2v) is 14.1. The van der Waals surface area contributed by atoms with Crippen molar-refractivity contribution < 1.29 is 27.9 Å². The molecule has 0 aliphatic heterocycles. The summed E-state index contributed by atoms with van der Waals surface area (Å²) in [4.78, 5) is 26.0. The first-order valence-electron chi connectivity index (χ1n) is 14.9. The number of carbonyl (C=O) groups is 2. The van der Waals surface area contributed by atoms with Crippen molar-refractivity contribution in [3.8, 4) is 0 Å². The van der Waals surface area contributed by atoms with Gasteiger partial charge < -0.3 is 15.2 Å². The summed E-state index contributed by atoms with van der Waals surface area (Å²) >= 11 is 0. The quantitative estimate of drug-likeness (QED) is 0.409. The van der Waals surface area contributed by atoms with E-state index >= 15 is 0 Å². The molecule has 0 spiro atoms. The average Bonchev–Trinajstić information content (AvgIpc) is 2.92. The lowest BCUT2D eigenvalue weighted by atomic mass is 9.82. The first-order chi connectivity index (χ1) is 17.9. The van der Waals surface area contributed by atoms with Gasteiger partial charge in [-0.1, -0.05) is 38.5 Å². The molecule has 0 heterocycles. The molecule has 212 valence electrons. The van der Waals surface area contributed by atoms with E-state index in [9.17, 15) is 23.1 Å².